The highest BCUT2D eigenvalue weighted by Gasteiger charge is 2.27. The highest BCUT2D eigenvalue weighted by Crippen LogP contribution is 2.21. The number of ether oxygens (including phenoxy) is 1. The molecule has 3 rings (SSSR count). The van der Waals surface area contributed by atoms with Crippen molar-refractivity contribution in [3.63, 3.8) is 0 Å². The molecule has 0 radical (unpaired) electrons. The fourth-order valence-corrected chi connectivity index (χ4v) is 2.55. The molecule has 1 heterocycles. The van der Waals surface area contributed by atoms with Crippen LogP contribution in [0.15, 0.2) is 54.1 Å². The van der Waals surface area contributed by atoms with E-state index in [2.05, 4.69) is 5.32 Å². The van der Waals surface area contributed by atoms with Gasteiger partial charge >= 0.3 is 6.03 Å². The summed E-state index contributed by atoms with van der Waals surface area (Å²) < 4.78 is 5.44. The minimum atomic E-state index is -0.867. The summed E-state index contributed by atoms with van der Waals surface area (Å²) in [6.07, 6.45) is 1.31. The summed E-state index contributed by atoms with van der Waals surface area (Å²) in [5, 5.41) is 7.02. The first kappa shape index (κ1) is 19.1. The summed E-state index contributed by atoms with van der Waals surface area (Å²) in [4.78, 5) is 46.6. The monoisotopic (exact) mass is 399 g/mol. The zero-order chi connectivity index (χ0) is 20.1. The predicted molar refractivity (Wildman–Crippen MR) is 102 cm³/mol. The number of carbonyl (C=O) groups excluding carboxylic acids is 4. The normalized spacial score (nSPS) is 13.5. The number of imide groups is 2. The molecule has 0 spiro atoms. The Balaban J connectivity index is 1.65. The van der Waals surface area contributed by atoms with Crippen LogP contribution in [-0.4, -0.2) is 30.4 Å². The van der Waals surface area contributed by atoms with Crippen LogP contribution in [0.5, 0.6) is 5.75 Å². The van der Waals surface area contributed by atoms with Gasteiger partial charge in [0.25, 0.3) is 17.7 Å². The van der Waals surface area contributed by atoms with Crippen LogP contribution in [0.4, 0.5) is 10.5 Å². The molecule has 1 saturated heterocycles. The molecule has 0 saturated carbocycles. The van der Waals surface area contributed by atoms with Crippen molar-refractivity contribution in [2.45, 2.75) is 0 Å². The van der Waals surface area contributed by atoms with Crippen molar-refractivity contribution in [1.82, 2.24) is 10.6 Å². The lowest BCUT2D eigenvalue weighted by Gasteiger charge is -2.14. The maximum absolute atomic E-state index is 12.0. The molecule has 9 heteroatoms. The second-order valence-electron chi connectivity index (χ2n) is 5.68. The smallest absolute Gasteiger partial charge is 0.328 e. The van der Waals surface area contributed by atoms with Gasteiger partial charge in [0.15, 0.2) is 6.61 Å². The number of benzene rings is 2. The number of amides is 5. The van der Waals surface area contributed by atoms with Crippen LogP contribution >= 0.6 is 11.6 Å². The van der Waals surface area contributed by atoms with Crippen LogP contribution in [0.1, 0.15) is 5.56 Å². The Labute approximate surface area is 164 Å². The Hall–Kier alpha value is -3.65. The first-order valence-corrected chi connectivity index (χ1v) is 8.46. The van der Waals surface area contributed by atoms with Gasteiger partial charge in [0.2, 0.25) is 0 Å². The van der Waals surface area contributed by atoms with Crippen LogP contribution in [0.25, 0.3) is 6.08 Å². The number of para-hydroxylation sites is 1. The van der Waals surface area contributed by atoms with Crippen LogP contribution in [0.3, 0.4) is 0 Å². The van der Waals surface area contributed by atoms with Gasteiger partial charge in [-0.3, -0.25) is 25.0 Å². The minimum absolute atomic E-state index is 0.215. The SMILES string of the molecule is O=C(COc1cccc(C=C2C(=O)NC(=O)NC2=O)c1)Nc1ccccc1Cl. The van der Waals surface area contributed by atoms with Crippen LogP contribution < -0.4 is 20.7 Å². The van der Waals surface area contributed by atoms with Gasteiger partial charge in [0, 0.05) is 0 Å². The molecule has 0 unspecified atom stereocenters. The van der Waals surface area contributed by atoms with E-state index >= 15 is 0 Å². The van der Waals surface area contributed by atoms with E-state index in [1.54, 1.807) is 48.5 Å². The van der Waals surface area contributed by atoms with E-state index in [1.807, 2.05) is 10.6 Å². The summed E-state index contributed by atoms with van der Waals surface area (Å²) in [6, 6.07) is 12.4. The van der Waals surface area contributed by atoms with Gasteiger partial charge < -0.3 is 10.1 Å². The summed E-state index contributed by atoms with van der Waals surface area (Å²) in [7, 11) is 0. The van der Waals surface area contributed by atoms with Crippen molar-refractivity contribution in [2.75, 3.05) is 11.9 Å². The summed E-state index contributed by atoms with van der Waals surface area (Å²) >= 11 is 5.98. The molecule has 3 N–H and O–H groups in total. The van der Waals surface area contributed by atoms with Gasteiger partial charge in [-0.15, -0.1) is 0 Å². The first-order chi connectivity index (χ1) is 13.4. The maximum Gasteiger partial charge on any atom is 0.328 e. The van der Waals surface area contributed by atoms with Gasteiger partial charge in [-0.05, 0) is 35.9 Å². The van der Waals surface area contributed by atoms with Crippen molar-refractivity contribution >= 4 is 47.1 Å². The number of halogens is 1. The number of carbonyl (C=O) groups is 4. The van der Waals surface area contributed by atoms with Crippen molar-refractivity contribution < 1.29 is 23.9 Å². The highest BCUT2D eigenvalue weighted by atomic mass is 35.5. The summed E-state index contributed by atoms with van der Waals surface area (Å²) in [6.45, 7) is -0.263. The van der Waals surface area contributed by atoms with Crippen LogP contribution in [0, 0.1) is 0 Å². The zero-order valence-electron chi connectivity index (χ0n) is 14.3. The third-order valence-electron chi connectivity index (χ3n) is 3.63. The Morgan fingerprint density at radius 3 is 2.46 bits per heavy atom. The van der Waals surface area contributed by atoms with Crippen molar-refractivity contribution in [3.8, 4) is 5.75 Å². The Morgan fingerprint density at radius 1 is 1.04 bits per heavy atom. The fourth-order valence-electron chi connectivity index (χ4n) is 2.36. The fraction of sp³-hybridized carbons (Fsp3) is 0.0526. The molecule has 0 bridgehead atoms. The number of hydrogen-bond acceptors (Lipinski definition) is 5. The lowest BCUT2D eigenvalue weighted by Crippen LogP contribution is -2.51. The Morgan fingerprint density at radius 2 is 1.75 bits per heavy atom. The van der Waals surface area contributed by atoms with E-state index in [0.29, 0.717) is 22.0 Å². The second-order valence-corrected chi connectivity index (χ2v) is 6.09. The largest absolute Gasteiger partial charge is 0.484 e. The third kappa shape index (κ3) is 4.74. The van der Waals surface area contributed by atoms with E-state index in [9.17, 15) is 19.2 Å². The van der Waals surface area contributed by atoms with E-state index in [-0.39, 0.29) is 12.2 Å². The number of rotatable bonds is 5. The number of urea groups is 1. The molecular formula is C19H14ClN3O5. The highest BCUT2D eigenvalue weighted by molar-refractivity contribution is 6.33. The first-order valence-electron chi connectivity index (χ1n) is 8.08. The van der Waals surface area contributed by atoms with E-state index in [1.165, 1.54) is 6.08 Å². The Bertz CT molecular complexity index is 981. The molecule has 142 valence electrons. The van der Waals surface area contributed by atoms with Crippen LogP contribution in [-0.2, 0) is 14.4 Å². The lowest BCUT2D eigenvalue weighted by molar-refractivity contribution is -0.124. The average molecular weight is 400 g/mol. The topological polar surface area (TPSA) is 114 Å². The molecule has 8 nitrogen and oxygen atoms in total. The molecule has 5 amide bonds. The average Bonchev–Trinajstić information content (AvgIpc) is 2.65. The van der Waals surface area contributed by atoms with Crippen LogP contribution in [0.2, 0.25) is 5.02 Å². The summed E-state index contributed by atoms with van der Waals surface area (Å²) in [5.41, 5.74) is 0.743. The van der Waals surface area contributed by atoms with Crippen molar-refractivity contribution in [2.24, 2.45) is 0 Å². The zero-order valence-corrected chi connectivity index (χ0v) is 15.1. The molecule has 28 heavy (non-hydrogen) atoms. The second kappa shape index (κ2) is 8.36. The number of barbiturate groups is 1. The lowest BCUT2D eigenvalue weighted by atomic mass is 10.1. The molecule has 0 aromatic heterocycles. The van der Waals surface area contributed by atoms with Gasteiger partial charge in [-0.1, -0.05) is 35.9 Å². The number of anilines is 1. The third-order valence-corrected chi connectivity index (χ3v) is 3.96. The molecule has 0 aliphatic carbocycles. The van der Waals surface area contributed by atoms with E-state index in [4.69, 9.17) is 16.3 Å². The van der Waals surface area contributed by atoms with Gasteiger partial charge in [-0.2, -0.15) is 0 Å². The minimum Gasteiger partial charge on any atom is -0.484 e. The number of hydrogen-bond donors (Lipinski definition) is 3. The molecule has 1 aliphatic rings. The molecule has 0 atom stereocenters. The van der Waals surface area contributed by atoms with Gasteiger partial charge in [-0.25, -0.2) is 4.79 Å². The summed E-state index contributed by atoms with van der Waals surface area (Å²) in [5.74, 6) is -1.63. The standard InChI is InChI=1S/C19H14ClN3O5/c20-14-6-1-2-7-15(14)21-16(24)10-28-12-5-3-4-11(8-12)9-13-17(25)22-19(27)23-18(13)26/h1-9H,10H2,(H,21,24)(H2,22,23,25,26,27). The quantitative estimate of drug-likeness (QED) is 0.526. The molecular weight excluding hydrogens is 386 g/mol. The molecule has 2 aromatic carbocycles. The Kier molecular flexibility index (Phi) is 5.71. The molecule has 1 fully saturated rings. The number of nitrogens with one attached hydrogen (secondary N) is 3. The molecule has 1 aliphatic heterocycles. The van der Waals surface area contributed by atoms with Crippen molar-refractivity contribution in [1.29, 1.82) is 0 Å². The van der Waals surface area contributed by atoms with Gasteiger partial charge in [0.1, 0.15) is 11.3 Å². The molecule has 2 aromatic rings. The van der Waals surface area contributed by atoms with Gasteiger partial charge in [0.05, 0.1) is 10.7 Å². The van der Waals surface area contributed by atoms with E-state index < -0.39 is 23.8 Å². The van der Waals surface area contributed by atoms with Crippen molar-refractivity contribution in [3.05, 3.63) is 64.7 Å². The van der Waals surface area contributed by atoms with E-state index in [0.717, 1.165) is 0 Å². The maximum atomic E-state index is 12.0. The predicted octanol–water partition coefficient (Wildman–Crippen LogP) is 2.11.